The Morgan fingerprint density at radius 1 is 0.405 bits per heavy atom. The Bertz CT molecular complexity index is 1230. The number of thioether (sulfide) groups is 2. The number of esters is 2. The van der Waals surface area contributed by atoms with E-state index < -0.39 is 26.5 Å². The summed E-state index contributed by atoms with van der Waals surface area (Å²) in [5.74, 6) is 2.52. The number of phosphoric ester groups is 1. The Hall–Kier alpha value is -0.290. The van der Waals surface area contributed by atoms with Crippen LogP contribution in [0.4, 0.5) is 0 Å². The van der Waals surface area contributed by atoms with Crippen molar-refractivity contribution in [2.45, 2.75) is 315 Å². The molecule has 0 saturated heterocycles. The quantitative estimate of drug-likeness (QED) is 0.0274. The lowest BCUT2D eigenvalue weighted by atomic mass is 10.0. The number of quaternary nitrogens is 1. The van der Waals surface area contributed by atoms with Crippen LogP contribution in [0.1, 0.15) is 309 Å². The molecule has 442 valence electrons. The SMILES string of the molecule is CCCCCCCCCCCCCCCCCCCCCCCCSCCC(=O)OCC(COP(=O)(O)OCC[N+](C)(C)C)OC(=O)CCSCCCCCCCCCCCCCCCCCCCCCCCC. The molecule has 0 aromatic carbocycles. The molecule has 0 aliphatic rings. The first-order valence-corrected chi connectivity index (χ1v) is 35.7. The number of rotatable bonds is 62. The zero-order valence-corrected chi connectivity index (χ0v) is 52.3. The maximum atomic E-state index is 12.8. The number of ether oxygens (including phenoxy) is 2. The minimum Gasteiger partial charge on any atom is -0.462 e. The van der Waals surface area contributed by atoms with Gasteiger partial charge in [0.15, 0.2) is 6.10 Å². The highest BCUT2D eigenvalue weighted by Gasteiger charge is 2.27. The lowest BCUT2D eigenvalue weighted by Gasteiger charge is -2.24. The molecule has 2 atom stereocenters. The molecule has 0 aromatic rings. The number of nitrogens with zero attached hydrogens (tertiary/aromatic N) is 1. The van der Waals surface area contributed by atoms with Crippen molar-refractivity contribution in [1.82, 2.24) is 0 Å². The van der Waals surface area contributed by atoms with Gasteiger partial charge in [-0.3, -0.25) is 18.6 Å². The molecule has 1 N–H and O–H groups in total. The van der Waals surface area contributed by atoms with Crippen molar-refractivity contribution < 1.29 is 42.1 Å². The molecule has 0 aliphatic heterocycles. The van der Waals surface area contributed by atoms with Gasteiger partial charge in [0, 0.05) is 11.5 Å². The van der Waals surface area contributed by atoms with Crippen molar-refractivity contribution in [3.63, 3.8) is 0 Å². The van der Waals surface area contributed by atoms with Crippen LogP contribution in [0, 0.1) is 0 Å². The molecule has 0 radical (unpaired) electrons. The number of phosphoric acid groups is 1. The highest BCUT2D eigenvalue weighted by Crippen LogP contribution is 2.43. The van der Waals surface area contributed by atoms with Crippen LogP contribution < -0.4 is 0 Å². The molecule has 0 fully saturated rings. The Labute approximate surface area is 468 Å². The summed E-state index contributed by atoms with van der Waals surface area (Å²) < 4.78 is 34.6. The van der Waals surface area contributed by atoms with E-state index in [0.717, 1.165) is 24.3 Å². The average molecular weight is 1110 g/mol. The fourth-order valence-electron chi connectivity index (χ4n) is 9.40. The van der Waals surface area contributed by atoms with Gasteiger partial charge >= 0.3 is 19.8 Å². The topological polar surface area (TPSA) is 108 Å². The third kappa shape index (κ3) is 60.9. The van der Waals surface area contributed by atoms with Crippen LogP contribution in [0.2, 0.25) is 0 Å². The minimum absolute atomic E-state index is 0.0325. The van der Waals surface area contributed by atoms with Crippen LogP contribution in [0.5, 0.6) is 0 Å². The molecule has 0 saturated carbocycles. The van der Waals surface area contributed by atoms with Gasteiger partial charge in [-0.1, -0.05) is 284 Å². The second-order valence-electron chi connectivity index (χ2n) is 23.0. The molecule has 0 aromatic heterocycles. The van der Waals surface area contributed by atoms with Gasteiger partial charge in [-0.15, -0.1) is 0 Å². The zero-order chi connectivity index (χ0) is 54.2. The van der Waals surface area contributed by atoms with E-state index in [4.69, 9.17) is 18.5 Å². The molecule has 0 bridgehead atoms. The van der Waals surface area contributed by atoms with Gasteiger partial charge in [-0.25, -0.2) is 4.57 Å². The molecular weight excluding hydrogens is 982 g/mol. The highest BCUT2D eigenvalue weighted by molar-refractivity contribution is 7.99. The maximum absolute atomic E-state index is 12.8. The van der Waals surface area contributed by atoms with Gasteiger partial charge in [0.1, 0.15) is 19.8 Å². The summed E-state index contributed by atoms with van der Waals surface area (Å²) in [4.78, 5) is 35.8. The van der Waals surface area contributed by atoms with E-state index in [1.807, 2.05) is 21.1 Å². The van der Waals surface area contributed by atoms with E-state index in [1.54, 1.807) is 23.5 Å². The molecule has 0 aliphatic carbocycles. The van der Waals surface area contributed by atoms with Crippen LogP contribution in [-0.4, -0.2) is 97.9 Å². The van der Waals surface area contributed by atoms with Gasteiger partial charge < -0.3 is 18.9 Å². The Balaban J connectivity index is 4.02. The third-order valence-corrected chi connectivity index (χ3v) is 17.5. The summed E-state index contributed by atoms with van der Waals surface area (Å²) in [6, 6.07) is 0. The zero-order valence-electron chi connectivity index (χ0n) is 49.8. The van der Waals surface area contributed by atoms with Crippen molar-refractivity contribution in [2.75, 3.05) is 70.5 Å². The first-order chi connectivity index (χ1) is 36.0. The summed E-state index contributed by atoms with van der Waals surface area (Å²) in [5, 5.41) is 0. The van der Waals surface area contributed by atoms with Crippen LogP contribution in [0.3, 0.4) is 0 Å². The van der Waals surface area contributed by atoms with Crippen molar-refractivity contribution in [3.05, 3.63) is 0 Å². The van der Waals surface area contributed by atoms with Crippen molar-refractivity contribution >= 4 is 43.3 Å². The third-order valence-electron chi connectivity index (χ3n) is 14.4. The summed E-state index contributed by atoms with van der Waals surface area (Å²) in [6.07, 6.45) is 60.3. The summed E-state index contributed by atoms with van der Waals surface area (Å²) in [7, 11) is 1.49. The Morgan fingerprint density at radius 3 is 0.986 bits per heavy atom. The molecule has 12 heteroatoms. The Morgan fingerprint density at radius 2 is 0.689 bits per heavy atom. The van der Waals surface area contributed by atoms with E-state index in [9.17, 15) is 19.0 Å². The number of carbonyl (C=O) groups is 2. The second kappa shape index (κ2) is 57.4. The molecule has 74 heavy (non-hydrogen) atoms. The predicted molar refractivity (Wildman–Crippen MR) is 324 cm³/mol. The van der Waals surface area contributed by atoms with Crippen molar-refractivity contribution in [3.8, 4) is 0 Å². The van der Waals surface area contributed by atoms with Crippen LogP contribution in [-0.2, 0) is 32.7 Å². The Kier molecular flexibility index (Phi) is 57.2. The monoisotopic (exact) mass is 1110 g/mol. The summed E-state index contributed by atoms with van der Waals surface area (Å²) in [6.45, 7) is 4.49. The van der Waals surface area contributed by atoms with Gasteiger partial charge in [-0.05, 0) is 24.3 Å². The smallest absolute Gasteiger partial charge is 0.462 e. The van der Waals surface area contributed by atoms with E-state index in [1.165, 1.54) is 270 Å². The van der Waals surface area contributed by atoms with E-state index in [2.05, 4.69) is 13.8 Å². The van der Waals surface area contributed by atoms with Gasteiger partial charge in [0.25, 0.3) is 0 Å². The average Bonchev–Trinajstić information content (AvgIpc) is 3.36. The number of hydrogen-bond donors (Lipinski definition) is 1. The summed E-state index contributed by atoms with van der Waals surface area (Å²) in [5.41, 5.74) is 0. The maximum Gasteiger partial charge on any atom is 0.472 e. The van der Waals surface area contributed by atoms with E-state index in [0.29, 0.717) is 22.5 Å². The van der Waals surface area contributed by atoms with Crippen LogP contribution >= 0.6 is 31.3 Å². The first-order valence-electron chi connectivity index (χ1n) is 31.9. The lowest BCUT2D eigenvalue weighted by molar-refractivity contribution is -0.870. The van der Waals surface area contributed by atoms with E-state index >= 15 is 0 Å². The normalized spacial score (nSPS) is 13.1. The minimum atomic E-state index is -4.39. The molecule has 0 rings (SSSR count). The molecule has 0 amide bonds. The second-order valence-corrected chi connectivity index (χ2v) is 26.9. The number of unbranched alkanes of at least 4 members (excludes halogenated alkanes) is 42. The number of carbonyl (C=O) groups excluding carboxylic acids is 2. The number of likely N-dealkylation sites (N-methyl/N-ethyl adjacent to an activating group) is 1. The van der Waals surface area contributed by atoms with Gasteiger partial charge in [-0.2, -0.15) is 23.5 Å². The molecule has 0 spiro atoms. The standard InChI is InChI=1S/C62H124NO8PS2/c1-6-8-10-12-14-16-18-20-22-24-26-28-30-32-34-36-38-40-42-44-46-48-54-73-56-50-61(64)68-58-60(59-70-72(66,67)69-53-52-63(3,4)5)71-62(65)51-57-74-55-49-47-45-43-41-39-37-35-33-31-29-27-25-23-21-19-17-15-13-11-9-7-2/h60H,6-59H2,1-5H3/p+1. The molecule has 0 heterocycles. The van der Waals surface area contributed by atoms with Gasteiger partial charge in [0.2, 0.25) is 0 Å². The van der Waals surface area contributed by atoms with Gasteiger partial charge in [0.05, 0.1) is 40.6 Å². The summed E-state index contributed by atoms with van der Waals surface area (Å²) >= 11 is 3.51. The predicted octanol–water partition coefficient (Wildman–Crippen LogP) is 19.7. The number of hydrogen-bond acceptors (Lipinski definition) is 9. The highest BCUT2D eigenvalue weighted by atomic mass is 32.2. The first kappa shape index (κ1) is 73.7. The van der Waals surface area contributed by atoms with Crippen molar-refractivity contribution in [1.29, 1.82) is 0 Å². The van der Waals surface area contributed by atoms with Crippen LogP contribution in [0.25, 0.3) is 0 Å². The fraction of sp³-hybridized carbons (Fsp3) is 0.968. The van der Waals surface area contributed by atoms with Crippen molar-refractivity contribution in [2.24, 2.45) is 0 Å². The fourth-order valence-corrected chi connectivity index (χ4v) is 12.0. The largest absolute Gasteiger partial charge is 0.472 e. The lowest BCUT2D eigenvalue weighted by Crippen LogP contribution is -2.37. The molecule has 9 nitrogen and oxygen atoms in total. The molecule has 2 unspecified atom stereocenters. The van der Waals surface area contributed by atoms with E-state index in [-0.39, 0.29) is 32.0 Å². The van der Waals surface area contributed by atoms with Crippen LogP contribution in [0.15, 0.2) is 0 Å². The molecular formula is C62H125NO8PS2+.